The van der Waals surface area contributed by atoms with Crippen LogP contribution in [0.3, 0.4) is 0 Å². The lowest BCUT2D eigenvalue weighted by Crippen LogP contribution is -2.41. The second-order valence-electron chi connectivity index (χ2n) is 10.6. The number of ether oxygens (including phenoxy) is 4. The third-order valence-corrected chi connectivity index (χ3v) is 7.74. The van der Waals surface area contributed by atoms with Gasteiger partial charge in [-0.2, -0.15) is 0 Å². The van der Waals surface area contributed by atoms with E-state index < -0.39 is 12.1 Å². The fraction of sp³-hybridized carbons (Fsp3) is 0.516. The van der Waals surface area contributed by atoms with Crippen molar-refractivity contribution >= 4 is 17.5 Å². The standard InChI is InChI=1S/C31H42N4O7/c1-19(31(38)32-11-6-12-35-13-15-42-16-14-35)33-25-10-8-22-23(18-26(25)37)24(34-20(2)36)9-7-21-17-27(39-3)29(40-4)30(41-5)28(21)22/h8,10,17-19,24H,6-7,9,11-16H2,1-5H3,(H,32,38)(H,33,37)(H,34,36)/t19-,24-/m1/s1. The maximum absolute atomic E-state index is 13.5. The number of benzene rings is 1. The van der Waals surface area contributed by atoms with Crippen molar-refractivity contribution in [2.45, 2.75) is 45.2 Å². The molecule has 42 heavy (non-hydrogen) atoms. The summed E-state index contributed by atoms with van der Waals surface area (Å²) in [5, 5.41) is 9.06. The van der Waals surface area contributed by atoms with E-state index in [0.717, 1.165) is 56.0 Å². The number of nitrogens with zero attached hydrogens (tertiary/aromatic N) is 1. The van der Waals surface area contributed by atoms with Crippen LogP contribution >= 0.6 is 0 Å². The molecule has 11 nitrogen and oxygen atoms in total. The molecule has 0 bridgehead atoms. The summed E-state index contributed by atoms with van der Waals surface area (Å²) >= 11 is 0. The number of amides is 2. The Labute approximate surface area is 246 Å². The molecule has 0 aromatic heterocycles. The molecular formula is C31H42N4O7. The van der Waals surface area contributed by atoms with Gasteiger partial charge in [0.25, 0.3) is 0 Å². The van der Waals surface area contributed by atoms with E-state index in [1.54, 1.807) is 34.3 Å². The lowest BCUT2D eigenvalue weighted by atomic mass is 9.95. The first-order valence-corrected chi connectivity index (χ1v) is 14.4. The van der Waals surface area contributed by atoms with Gasteiger partial charge >= 0.3 is 0 Å². The van der Waals surface area contributed by atoms with E-state index in [9.17, 15) is 14.4 Å². The monoisotopic (exact) mass is 582 g/mol. The molecule has 1 saturated heterocycles. The molecule has 2 aromatic rings. The van der Waals surface area contributed by atoms with Gasteiger partial charge in [0.2, 0.25) is 23.0 Å². The Bertz CT molecular complexity index is 1340. The zero-order valence-corrected chi connectivity index (χ0v) is 25.1. The van der Waals surface area contributed by atoms with Gasteiger partial charge in [-0.05, 0) is 67.6 Å². The van der Waals surface area contributed by atoms with Gasteiger partial charge < -0.3 is 34.9 Å². The Morgan fingerprint density at radius 1 is 1.07 bits per heavy atom. The van der Waals surface area contributed by atoms with Crippen molar-refractivity contribution in [1.29, 1.82) is 0 Å². The van der Waals surface area contributed by atoms with Gasteiger partial charge in [0.15, 0.2) is 11.5 Å². The van der Waals surface area contributed by atoms with Crippen molar-refractivity contribution in [2.75, 3.05) is 66.0 Å². The average Bonchev–Trinajstić information content (AvgIpc) is 3.23. The van der Waals surface area contributed by atoms with Gasteiger partial charge in [-0.1, -0.05) is 6.07 Å². The van der Waals surface area contributed by atoms with Gasteiger partial charge in [0.05, 0.1) is 46.3 Å². The highest BCUT2D eigenvalue weighted by molar-refractivity contribution is 5.85. The predicted molar refractivity (Wildman–Crippen MR) is 161 cm³/mol. The molecule has 0 radical (unpaired) electrons. The van der Waals surface area contributed by atoms with E-state index in [1.165, 1.54) is 13.0 Å². The zero-order chi connectivity index (χ0) is 30.2. The molecule has 3 N–H and O–H groups in total. The topological polar surface area (TPSA) is 127 Å². The predicted octanol–water partition coefficient (Wildman–Crippen LogP) is 2.50. The number of aryl methyl sites for hydroxylation is 1. The van der Waals surface area contributed by atoms with Gasteiger partial charge in [-0.25, -0.2) is 0 Å². The minimum atomic E-state index is -0.638. The molecule has 1 heterocycles. The molecule has 2 amide bonds. The molecule has 0 spiro atoms. The van der Waals surface area contributed by atoms with E-state index in [0.29, 0.717) is 42.2 Å². The van der Waals surface area contributed by atoms with Crippen LogP contribution in [0.5, 0.6) is 17.2 Å². The smallest absolute Gasteiger partial charge is 0.242 e. The van der Waals surface area contributed by atoms with Crippen LogP contribution in [0.4, 0.5) is 5.69 Å². The lowest BCUT2D eigenvalue weighted by Gasteiger charge is -2.26. The number of hydrogen-bond donors (Lipinski definition) is 3. The number of hydrogen-bond acceptors (Lipinski definition) is 9. The summed E-state index contributed by atoms with van der Waals surface area (Å²) in [6, 6.07) is 5.91. The Hall–Kier alpha value is -3.83. The summed E-state index contributed by atoms with van der Waals surface area (Å²) in [6.07, 6.45) is 2.00. The number of fused-ring (bicyclic) bond motifs is 3. The molecule has 1 fully saturated rings. The highest BCUT2D eigenvalue weighted by Gasteiger charge is 2.29. The van der Waals surface area contributed by atoms with Crippen LogP contribution in [0.2, 0.25) is 0 Å². The quantitative estimate of drug-likeness (QED) is 0.343. The number of anilines is 1. The number of morpholine rings is 1. The molecule has 1 aliphatic carbocycles. The molecule has 228 valence electrons. The molecule has 2 atom stereocenters. The third kappa shape index (κ3) is 7.14. The van der Waals surface area contributed by atoms with E-state index in [4.69, 9.17) is 18.9 Å². The highest BCUT2D eigenvalue weighted by atomic mass is 16.5. The van der Waals surface area contributed by atoms with Crippen molar-refractivity contribution in [3.8, 4) is 28.4 Å². The Kier molecular flexibility index (Phi) is 10.6. The molecule has 2 aromatic carbocycles. The van der Waals surface area contributed by atoms with Crippen molar-refractivity contribution in [1.82, 2.24) is 15.5 Å². The SMILES string of the molecule is COc1cc2c(c(OC)c1OC)-c1ccc(N[C@H](C)C(=O)NCCCN3CCOCC3)c(=O)cc1[C@H](NC(C)=O)CC2. The number of nitrogens with one attached hydrogen (secondary N) is 3. The van der Waals surface area contributed by atoms with Gasteiger partial charge in [0.1, 0.15) is 6.04 Å². The first-order chi connectivity index (χ1) is 20.3. The van der Waals surface area contributed by atoms with E-state index in [1.807, 2.05) is 12.1 Å². The normalized spacial score (nSPS) is 17.1. The molecule has 1 aliphatic heterocycles. The van der Waals surface area contributed by atoms with Crippen LogP contribution in [0.15, 0.2) is 29.1 Å². The van der Waals surface area contributed by atoms with Crippen molar-refractivity contribution in [2.24, 2.45) is 0 Å². The van der Waals surface area contributed by atoms with Crippen molar-refractivity contribution < 1.29 is 28.5 Å². The van der Waals surface area contributed by atoms with Crippen LogP contribution in [0.25, 0.3) is 11.1 Å². The number of carbonyl (C=O) groups excluding carboxylic acids is 2. The van der Waals surface area contributed by atoms with Crippen LogP contribution in [0, 0.1) is 0 Å². The molecule has 2 aliphatic rings. The Morgan fingerprint density at radius 3 is 2.48 bits per heavy atom. The van der Waals surface area contributed by atoms with E-state index in [2.05, 4.69) is 20.9 Å². The lowest BCUT2D eigenvalue weighted by molar-refractivity contribution is -0.121. The van der Waals surface area contributed by atoms with Crippen LogP contribution in [-0.4, -0.2) is 83.5 Å². The second-order valence-corrected chi connectivity index (χ2v) is 10.6. The maximum Gasteiger partial charge on any atom is 0.242 e. The molecule has 11 heteroatoms. The first-order valence-electron chi connectivity index (χ1n) is 14.4. The Balaban J connectivity index is 1.62. The van der Waals surface area contributed by atoms with Gasteiger partial charge in [0, 0.05) is 32.1 Å². The number of rotatable bonds is 11. The summed E-state index contributed by atoms with van der Waals surface area (Å²) in [4.78, 5) is 40.8. The van der Waals surface area contributed by atoms with E-state index >= 15 is 0 Å². The van der Waals surface area contributed by atoms with Gasteiger partial charge in [-0.3, -0.25) is 19.3 Å². The van der Waals surface area contributed by atoms with Crippen molar-refractivity contribution in [3.05, 3.63) is 45.6 Å². The minimum absolute atomic E-state index is 0.190. The minimum Gasteiger partial charge on any atom is -0.493 e. The molecule has 4 rings (SSSR count). The van der Waals surface area contributed by atoms with Crippen LogP contribution in [0.1, 0.15) is 43.9 Å². The third-order valence-electron chi connectivity index (χ3n) is 7.74. The summed E-state index contributed by atoms with van der Waals surface area (Å²) in [6.45, 7) is 7.93. The summed E-state index contributed by atoms with van der Waals surface area (Å²) < 4.78 is 22.4. The molecule has 0 unspecified atom stereocenters. The molecule has 0 saturated carbocycles. The van der Waals surface area contributed by atoms with E-state index in [-0.39, 0.29) is 22.9 Å². The first kappa shape index (κ1) is 31.1. The largest absolute Gasteiger partial charge is 0.493 e. The molecular weight excluding hydrogens is 540 g/mol. The number of carbonyl (C=O) groups is 2. The summed E-state index contributed by atoms with van der Waals surface area (Å²) in [5.74, 6) is 1.06. The van der Waals surface area contributed by atoms with Crippen LogP contribution < -0.4 is 35.6 Å². The summed E-state index contributed by atoms with van der Waals surface area (Å²) in [7, 11) is 4.67. The maximum atomic E-state index is 13.5. The fourth-order valence-electron chi connectivity index (χ4n) is 5.62. The highest BCUT2D eigenvalue weighted by Crippen LogP contribution is 2.50. The van der Waals surface area contributed by atoms with Crippen LogP contribution in [-0.2, 0) is 20.7 Å². The number of methoxy groups -OCH3 is 3. The average molecular weight is 583 g/mol. The summed E-state index contributed by atoms with van der Waals surface area (Å²) in [5.41, 5.74) is 3.09. The van der Waals surface area contributed by atoms with Gasteiger partial charge in [-0.15, -0.1) is 0 Å². The fourth-order valence-corrected chi connectivity index (χ4v) is 5.62. The second kappa shape index (κ2) is 14.4. The Morgan fingerprint density at radius 2 is 1.81 bits per heavy atom. The zero-order valence-electron chi connectivity index (χ0n) is 25.1. The van der Waals surface area contributed by atoms with Crippen molar-refractivity contribution in [3.63, 3.8) is 0 Å².